The van der Waals surface area contributed by atoms with Gasteiger partial charge in [-0.2, -0.15) is 5.10 Å². The smallest absolute Gasteiger partial charge is 0.266 e. The first kappa shape index (κ1) is 20.5. The highest BCUT2D eigenvalue weighted by Gasteiger charge is 2.24. The molecule has 9 heteroatoms. The van der Waals surface area contributed by atoms with Gasteiger partial charge >= 0.3 is 0 Å². The number of rotatable bonds is 4. The zero-order chi connectivity index (χ0) is 23.1. The molecule has 0 radical (unpaired) electrons. The van der Waals surface area contributed by atoms with Crippen LogP contribution in [0.1, 0.15) is 40.4 Å². The van der Waals surface area contributed by atoms with Gasteiger partial charge in [0.15, 0.2) is 0 Å². The van der Waals surface area contributed by atoms with Gasteiger partial charge in [-0.15, -0.1) is 9.73 Å². The SMILES string of the molecule is Cc1nn2nnccc2c1C(=O)N[C@@H](C)c1nc2cccc(C)c2c(=O)n1-c1ccccc1. The largest absolute Gasteiger partial charge is 0.342 e. The number of aromatic nitrogens is 6. The molecule has 0 bridgehead atoms. The molecule has 0 spiro atoms. The molecule has 0 aliphatic heterocycles. The number of amides is 1. The van der Waals surface area contributed by atoms with Crippen molar-refractivity contribution in [2.24, 2.45) is 0 Å². The predicted octanol–water partition coefficient (Wildman–Crippen LogP) is 2.93. The molecule has 2 aromatic carbocycles. The fraction of sp³-hybridized carbons (Fsp3) is 0.167. The fourth-order valence-corrected chi connectivity index (χ4v) is 4.08. The van der Waals surface area contributed by atoms with E-state index in [2.05, 4.69) is 20.7 Å². The first-order chi connectivity index (χ1) is 16.0. The second-order valence-corrected chi connectivity index (χ2v) is 7.87. The summed E-state index contributed by atoms with van der Waals surface area (Å²) in [5, 5.41) is 15.5. The number of nitrogens with zero attached hydrogens (tertiary/aromatic N) is 6. The second kappa shape index (κ2) is 7.94. The lowest BCUT2D eigenvalue weighted by Gasteiger charge is -2.20. The molecule has 9 nitrogen and oxygen atoms in total. The Bertz CT molecular complexity index is 1570. The van der Waals surface area contributed by atoms with Crippen LogP contribution in [0.2, 0.25) is 0 Å². The van der Waals surface area contributed by atoms with E-state index in [1.165, 1.54) is 10.8 Å². The molecule has 1 atom stereocenters. The highest BCUT2D eigenvalue weighted by Crippen LogP contribution is 2.21. The molecule has 33 heavy (non-hydrogen) atoms. The van der Waals surface area contributed by atoms with Crippen molar-refractivity contribution in [2.45, 2.75) is 26.8 Å². The summed E-state index contributed by atoms with van der Waals surface area (Å²) in [6, 6.07) is 16.0. The summed E-state index contributed by atoms with van der Waals surface area (Å²) in [6.07, 6.45) is 1.51. The van der Waals surface area contributed by atoms with Crippen LogP contribution in [0.4, 0.5) is 0 Å². The van der Waals surface area contributed by atoms with Crippen molar-refractivity contribution in [2.75, 3.05) is 0 Å². The molecule has 164 valence electrons. The van der Waals surface area contributed by atoms with Crippen molar-refractivity contribution in [3.63, 3.8) is 0 Å². The maximum absolute atomic E-state index is 13.6. The molecule has 3 aromatic heterocycles. The fourth-order valence-electron chi connectivity index (χ4n) is 4.08. The Hall–Kier alpha value is -4.40. The van der Waals surface area contributed by atoms with Gasteiger partial charge in [0.25, 0.3) is 11.5 Å². The number of hydrogen-bond acceptors (Lipinski definition) is 6. The van der Waals surface area contributed by atoms with Crippen LogP contribution in [0.3, 0.4) is 0 Å². The van der Waals surface area contributed by atoms with Gasteiger partial charge in [0.1, 0.15) is 11.3 Å². The summed E-state index contributed by atoms with van der Waals surface area (Å²) in [5.74, 6) is 0.104. The van der Waals surface area contributed by atoms with Crippen LogP contribution >= 0.6 is 0 Å². The maximum Gasteiger partial charge on any atom is 0.266 e. The van der Waals surface area contributed by atoms with Crippen LogP contribution in [-0.2, 0) is 0 Å². The number of carbonyl (C=O) groups is 1. The highest BCUT2D eigenvalue weighted by atomic mass is 16.2. The number of hydrogen-bond donors (Lipinski definition) is 1. The lowest BCUT2D eigenvalue weighted by Crippen LogP contribution is -2.33. The van der Waals surface area contributed by atoms with Crippen LogP contribution in [0.5, 0.6) is 0 Å². The van der Waals surface area contributed by atoms with E-state index in [4.69, 9.17) is 4.98 Å². The van der Waals surface area contributed by atoms with Crippen molar-refractivity contribution in [1.29, 1.82) is 0 Å². The number of aryl methyl sites for hydroxylation is 2. The number of benzene rings is 2. The number of nitrogens with one attached hydrogen (secondary N) is 1. The van der Waals surface area contributed by atoms with Gasteiger partial charge in [-0.1, -0.05) is 30.3 Å². The summed E-state index contributed by atoms with van der Waals surface area (Å²) < 4.78 is 2.89. The molecule has 5 aromatic rings. The minimum absolute atomic E-state index is 0.178. The molecular weight excluding hydrogens is 418 g/mol. The minimum Gasteiger partial charge on any atom is -0.342 e. The van der Waals surface area contributed by atoms with Crippen molar-refractivity contribution in [1.82, 2.24) is 34.9 Å². The molecule has 0 fully saturated rings. The van der Waals surface area contributed by atoms with Gasteiger partial charge in [-0.25, -0.2) is 4.98 Å². The molecule has 1 N–H and O–H groups in total. The van der Waals surface area contributed by atoms with Crippen LogP contribution in [-0.4, -0.2) is 35.5 Å². The average molecular weight is 439 g/mol. The maximum atomic E-state index is 13.6. The Balaban J connectivity index is 1.64. The normalized spacial score (nSPS) is 12.2. The van der Waals surface area contributed by atoms with E-state index in [0.29, 0.717) is 39.2 Å². The Morgan fingerprint density at radius 2 is 1.82 bits per heavy atom. The highest BCUT2D eigenvalue weighted by molar-refractivity contribution is 6.02. The molecule has 3 heterocycles. The summed E-state index contributed by atoms with van der Waals surface area (Å²) in [6.45, 7) is 5.44. The second-order valence-electron chi connectivity index (χ2n) is 7.87. The van der Waals surface area contributed by atoms with Crippen molar-refractivity contribution >= 4 is 22.3 Å². The summed E-state index contributed by atoms with van der Waals surface area (Å²) in [7, 11) is 0. The Morgan fingerprint density at radius 3 is 2.61 bits per heavy atom. The zero-order valence-corrected chi connectivity index (χ0v) is 18.4. The van der Waals surface area contributed by atoms with E-state index < -0.39 is 6.04 Å². The molecule has 0 saturated carbocycles. The number of fused-ring (bicyclic) bond motifs is 2. The van der Waals surface area contributed by atoms with Gasteiger partial charge < -0.3 is 5.32 Å². The van der Waals surface area contributed by atoms with Crippen molar-refractivity contribution in [3.05, 3.63) is 93.8 Å². The molecule has 0 aliphatic carbocycles. The first-order valence-electron chi connectivity index (χ1n) is 10.5. The van der Waals surface area contributed by atoms with Gasteiger partial charge in [-0.05, 0) is 55.8 Å². The first-order valence-corrected chi connectivity index (χ1v) is 10.5. The monoisotopic (exact) mass is 439 g/mol. The Kier molecular flexibility index (Phi) is 4.93. The third-order valence-corrected chi connectivity index (χ3v) is 5.62. The van der Waals surface area contributed by atoms with Crippen molar-refractivity contribution < 1.29 is 4.79 Å². The van der Waals surface area contributed by atoms with Gasteiger partial charge in [0.2, 0.25) is 0 Å². The standard InChI is InChI=1S/C24H21N7O2/c1-14-8-7-11-18-20(14)24(33)30(17-9-5-4-6-10-17)22(27-18)16(3)26-23(32)21-15(2)28-31-19(21)12-13-25-29-31/h4-13,16H,1-3H3,(H,26,32)/t16-/m0/s1. The van der Waals surface area contributed by atoms with E-state index >= 15 is 0 Å². The summed E-state index contributed by atoms with van der Waals surface area (Å²) in [4.78, 5) is 31.6. The van der Waals surface area contributed by atoms with E-state index in [1.54, 1.807) is 17.6 Å². The van der Waals surface area contributed by atoms with Crippen LogP contribution in [0.15, 0.2) is 65.6 Å². The van der Waals surface area contributed by atoms with E-state index in [0.717, 1.165) is 5.56 Å². The molecule has 0 aliphatic rings. The average Bonchev–Trinajstić information content (AvgIpc) is 3.15. The van der Waals surface area contributed by atoms with E-state index in [9.17, 15) is 9.59 Å². The van der Waals surface area contributed by atoms with Crippen molar-refractivity contribution in [3.8, 4) is 5.69 Å². The topological polar surface area (TPSA) is 107 Å². The molecule has 1 amide bonds. The number of para-hydroxylation sites is 1. The lowest BCUT2D eigenvalue weighted by atomic mass is 10.1. The Labute approximate surface area is 188 Å². The Morgan fingerprint density at radius 1 is 1.03 bits per heavy atom. The zero-order valence-electron chi connectivity index (χ0n) is 18.4. The predicted molar refractivity (Wildman–Crippen MR) is 123 cm³/mol. The van der Waals surface area contributed by atoms with Gasteiger partial charge in [0, 0.05) is 0 Å². The third-order valence-electron chi connectivity index (χ3n) is 5.62. The van der Waals surface area contributed by atoms with Crippen LogP contribution < -0.4 is 10.9 Å². The number of carbonyl (C=O) groups excluding carboxylic acids is 1. The quantitative estimate of drug-likeness (QED) is 0.461. The van der Waals surface area contributed by atoms with E-state index in [1.807, 2.05) is 62.4 Å². The molecule has 5 rings (SSSR count). The van der Waals surface area contributed by atoms with E-state index in [-0.39, 0.29) is 11.5 Å². The van der Waals surface area contributed by atoms with Crippen LogP contribution in [0.25, 0.3) is 22.1 Å². The van der Waals surface area contributed by atoms with Crippen LogP contribution in [0, 0.1) is 13.8 Å². The lowest BCUT2D eigenvalue weighted by molar-refractivity contribution is 0.0939. The molecule has 0 unspecified atom stereocenters. The third kappa shape index (κ3) is 3.43. The summed E-state index contributed by atoms with van der Waals surface area (Å²) >= 11 is 0. The summed E-state index contributed by atoms with van der Waals surface area (Å²) in [5.41, 5.74) is 3.42. The van der Waals surface area contributed by atoms with Gasteiger partial charge in [-0.3, -0.25) is 14.2 Å². The molecular formula is C24H21N7O2. The minimum atomic E-state index is -0.570. The molecule has 0 saturated heterocycles. The van der Waals surface area contributed by atoms with Gasteiger partial charge in [0.05, 0.1) is 40.1 Å².